The maximum Gasteiger partial charge on any atom is 0.242 e. The van der Waals surface area contributed by atoms with Crippen LogP contribution in [0.4, 0.5) is 4.39 Å². The van der Waals surface area contributed by atoms with E-state index in [2.05, 4.69) is 0 Å². The van der Waals surface area contributed by atoms with Crippen LogP contribution in [0.5, 0.6) is 0 Å². The van der Waals surface area contributed by atoms with Crippen LogP contribution in [0.15, 0.2) is 29.2 Å². The van der Waals surface area contributed by atoms with E-state index in [9.17, 15) is 12.8 Å². The molecule has 0 bridgehead atoms. The summed E-state index contributed by atoms with van der Waals surface area (Å²) in [5.41, 5.74) is 0. The van der Waals surface area contributed by atoms with Crippen molar-refractivity contribution in [2.45, 2.75) is 4.90 Å². The molecular formula is C8H10FNO2S. The topological polar surface area (TPSA) is 37.4 Å². The number of hydrogen-bond acceptors (Lipinski definition) is 2. The molecule has 72 valence electrons. The van der Waals surface area contributed by atoms with Gasteiger partial charge in [0.05, 0.1) is 4.90 Å². The molecule has 0 heterocycles. The van der Waals surface area contributed by atoms with Crippen LogP contribution in [0, 0.1) is 5.82 Å². The Morgan fingerprint density at radius 3 is 2.00 bits per heavy atom. The SMILES string of the molecule is CN(C)S(=O)(=O)c1ccc([18F])cc1. The minimum absolute atomic E-state index is 0.0962. The molecule has 0 saturated carbocycles. The van der Waals surface area contributed by atoms with E-state index < -0.39 is 15.8 Å². The number of benzene rings is 1. The fourth-order valence-electron chi connectivity index (χ4n) is 0.817. The zero-order valence-corrected chi connectivity index (χ0v) is 8.18. The highest BCUT2D eigenvalue weighted by atomic mass is 32.2. The molecule has 0 spiro atoms. The molecule has 0 fully saturated rings. The summed E-state index contributed by atoms with van der Waals surface area (Å²) in [6, 6.07) is 4.72. The zero-order valence-electron chi connectivity index (χ0n) is 7.36. The quantitative estimate of drug-likeness (QED) is 0.719. The summed E-state index contributed by atoms with van der Waals surface area (Å²) in [5.74, 6) is -0.447. The predicted molar refractivity (Wildman–Crippen MR) is 47.3 cm³/mol. The summed E-state index contributed by atoms with van der Waals surface area (Å²) in [7, 11) is -0.568. The third-order valence-electron chi connectivity index (χ3n) is 1.59. The van der Waals surface area contributed by atoms with Crippen molar-refractivity contribution in [1.82, 2.24) is 4.31 Å². The van der Waals surface area contributed by atoms with Gasteiger partial charge in [-0.25, -0.2) is 17.1 Å². The fraction of sp³-hybridized carbons (Fsp3) is 0.250. The molecule has 0 aliphatic heterocycles. The second kappa shape index (κ2) is 3.43. The second-order valence-corrected chi connectivity index (χ2v) is 4.89. The Balaban J connectivity index is 3.17. The normalized spacial score (nSPS) is 12.0. The average Bonchev–Trinajstić information content (AvgIpc) is 2.04. The molecule has 0 saturated heterocycles. The Kier molecular flexibility index (Phi) is 2.68. The molecule has 0 aromatic heterocycles. The molecule has 13 heavy (non-hydrogen) atoms. The zero-order chi connectivity index (χ0) is 10.1. The van der Waals surface area contributed by atoms with E-state index in [0.29, 0.717) is 0 Å². The van der Waals surface area contributed by atoms with E-state index in [1.54, 1.807) is 0 Å². The summed E-state index contributed by atoms with van der Waals surface area (Å²) in [5, 5.41) is 0. The van der Waals surface area contributed by atoms with Crippen molar-refractivity contribution in [3.63, 3.8) is 0 Å². The minimum atomic E-state index is -3.43. The third kappa shape index (κ3) is 2.05. The lowest BCUT2D eigenvalue weighted by atomic mass is 10.3. The number of hydrogen-bond donors (Lipinski definition) is 0. The lowest BCUT2D eigenvalue weighted by molar-refractivity contribution is 0.520. The fourth-order valence-corrected chi connectivity index (χ4v) is 1.72. The van der Waals surface area contributed by atoms with Crippen LogP contribution < -0.4 is 0 Å². The highest BCUT2D eigenvalue weighted by Gasteiger charge is 2.16. The Hall–Kier alpha value is -0.940. The van der Waals surface area contributed by atoms with Gasteiger partial charge in [0.25, 0.3) is 0 Å². The monoisotopic (exact) mass is 202 g/mol. The van der Waals surface area contributed by atoms with Gasteiger partial charge >= 0.3 is 0 Å². The van der Waals surface area contributed by atoms with Gasteiger partial charge in [0.2, 0.25) is 10.0 Å². The summed E-state index contributed by atoms with van der Waals surface area (Å²) in [6.45, 7) is 0. The van der Waals surface area contributed by atoms with Crippen molar-refractivity contribution in [3.05, 3.63) is 30.1 Å². The molecule has 0 aliphatic carbocycles. The van der Waals surface area contributed by atoms with Gasteiger partial charge in [-0.2, -0.15) is 0 Å². The molecule has 5 heteroatoms. The van der Waals surface area contributed by atoms with Crippen LogP contribution in [0.1, 0.15) is 0 Å². The van der Waals surface area contributed by atoms with Gasteiger partial charge in [0.1, 0.15) is 5.82 Å². The standard InChI is InChI=1S/C8H10FNO2S/c1-10(2)13(11,12)8-5-3-7(9)4-6-8/h3-6H,1-2H3/i9-1. The summed E-state index contributed by atoms with van der Waals surface area (Å²) >= 11 is 0. The molecule has 0 atom stereocenters. The van der Waals surface area contributed by atoms with E-state index in [4.69, 9.17) is 0 Å². The number of sulfonamides is 1. The summed E-state index contributed by atoms with van der Waals surface area (Å²) in [6.07, 6.45) is 0. The van der Waals surface area contributed by atoms with Crippen LogP contribution in [0.25, 0.3) is 0 Å². The first-order valence-electron chi connectivity index (χ1n) is 3.62. The van der Waals surface area contributed by atoms with Crippen LogP contribution in [0.3, 0.4) is 0 Å². The van der Waals surface area contributed by atoms with Gasteiger partial charge < -0.3 is 0 Å². The lowest BCUT2D eigenvalue weighted by Crippen LogP contribution is -2.22. The maximum absolute atomic E-state index is 12.5. The van der Waals surface area contributed by atoms with Crippen LogP contribution in [-0.2, 0) is 10.0 Å². The smallest absolute Gasteiger partial charge is 0.207 e. The van der Waals surface area contributed by atoms with Crippen molar-refractivity contribution in [2.75, 3.05) is 14.1 Å². The van der Waals surface area contributed by atoms with E-state index >= 15 is 0 Å². The predicted octanol–water partition coefficient (Wildman–Crippen LogP) is 1.08. The molecule has 1 rings (SSSR count). The number of nitrogens with zero attached hydrogens (tertiary/aromatic N) is 1. The molecule has 1 aromatic carbocycles. The van der Waals surface area contributed by atoms with Crippen molar-refractivity contribution >= 4 is 10.0 Å². The Morgan fingerprint density at radius 1 is 1.15 bits per heavy atom. The molecule has 0 unspecified atom stereocenters. The van der Waals surface area contributed by atoms with Crippen LogP contribution in [-0.4, -0.2) is 26.8 Å². The first kappa shape index (κ1) is 10.1. The largest absolute Gasteiger partial charge is 0.242 e. The highest BCUT2D eigenvalue weighted by Crippen LogP contribution is 2.12. The van der Waals surface area contributed by atoms with Gasteiger partial charge in [-0.3, -0.25) is 0 Å². The Labute approximate surface area is 76.8 Å². The van der Waals surface area contributed by atoms with Gasteiger partial charge in [-0.1, -0.05) is 0 Å². The van der Waals surface area contributed by atoms with E-state index in [1.165, 1.54) is 26.2 Å². The van der Waals surface area contributed by atoms with E-state index in [1.807, 2.05) is 0 Å². The molecule has 0 aliphatic rings. The molecule has 1 aromatic rings. The molecule has 0 amide bonds. The van der Waals surface area contributed by atoms with Crippen molar-refractivity contribution < 1.29 is 12.8 Å². The maximum atomic E-state index is 12.5. The van der Waals surface area contributed by atoms with Gasteiger partial charge in [0.15, 0.2) is 0 Å². The first-order valence-corrected chi connectivity index (χ1v) is 5.06. The first-order chi connectivity index (χ1) is 5.94. The van der Waals surface area contributed by atoms with Gasteiger partial charge in [0, 0.05) is 14.1 Å². The van der Waals surface area contributed by atoms with Gasteiger partial charge in [-0.05, 0) is 24.3 Å². The molecule has 0 N–H and O–H groups in total. The van der Waals surface area contributed by atoms with Crippen molar-refractivity contribution in [1.29, 1.82) is 0 Å². The molecule has 3 nitrogen and oxygen atoms in total. The number of rotatable bonds is 2. The van der Waals surface area contributed by atoms with Crippen molar-refractivity contribution in [3.8, 4) is 0 Å². The molecule has 0 radical (unpaired) electrons. The van der Waals surface area contributed by atoms with E-state index in [0.717, 1.165) is 16.4 Å². The van der Waals surface area contributed by atoms with Crippen LogP contribution >= 0.6 is 0 Å². The molecular weight excluding hydrogens is 192 g/mol. The number of halogens is 1. The van der Waals surface area contributed by atoms with Crippen LogP contribution in [0.2, 0.25) is 0 Å². The Bertz CT molecular complexity index is 383. The van der Waals surface area contributed by atoms with E-state index in [-0.39, 0.29) is 4.90 Å². The lowest BCUT2D eigenvalue weighted by Gasteiger charge is -2.10. The average molecular weight is 202 g/mol. The van der Waals surface area contributed by atoms with Gasteiger partial charge in [-0.15, -0.1) is 0 Å². The summed E-state index contributed by atoms with van der Waals surface area (Å²) < 4.78 is 36.4. The second-order valence-electron chi connectivity index (χ2n) is 2.74. The highest BCUT2D eigenvalue weighted by molar-refractivity contribution is 7.89. The Morgan fingerprint density at radius 2 is 1.62 bits per heavy atom. The third-order valence-corrected chi connectivity index (χ3v) is 3.42. The van der Waals surface area contributed by atoms with Crippen molar-refractivity contribution in [2.24, 2.45) is 0 Å². The summed E-state index contributed by atoms with van der Waals surface area (Å²) in [4.78, 5) is 0.0962. The minimum Gasteiger partial charge on any atom is -0.207 e.